The molecule has 0 spiro atoms. The van der Waals surface area contributed by atoms with Gasteiger partial charge in [-0.1, -0.05) is 20.8 Å². The van der Waals surface area contributed by atoms with Crippen molar-refractivity contribution in [2.75, 3.05) is 14.1 Å². The second-order valence-electron chi connectivity index (χ2n) is 5.13. The van der Waals surface area contributed by atoms with Crippen LogP contribution in [0.2, 0.25) is 18.1 Å². The predicted octanol–water partition coefficient (Wildman–Crippen LogP) is 3.04. The van der Waals surface area contributed by atoms with E-state index in [0.29, 0.717) is 0 Å². The van der Waals surface area contributed by atoms with Gasteiger partial charge in [-0.3, -0.25) is 0 Å². The van der Waals surface area contributed by atoms with Crippen LogP contribution in [0.4, 0.5) is 0 Å². The highest BCUT2D eigenvalue weighted by atomic mass is 28.4. The van der Waals surface area contributed by atoms with Gasteiger partial charge in [0, 0.05) is 20.3 Å². The Kier molecular flexibility index (Phi) is 4.04. The summed E-state index contributed by atoms with van der Waals surface area (Å²) in [4.78, 5) is 1.98. The van der Waals surface area contributed by atoms with Gasteiger partial charge in [0.05, 0.1) is 6.26 Å². The molecule has 0 atom stereocenters. The lowest BCUT2D eigenvalue weighted by molar-refractivity contribution is 0.414. The van der Waals surface area contributed by atoms with Crippen LogP contribution in [0.1, 0.15) is 20.8 Å². The first-order valence-electron chi connectivity index (χ1n) is 4.68. The molecule has 0 aliphatic heterocycles. The summed E-state index contributed by atoms with van der Waals surface area (Å²) in [5.74, 6) is 0. The van der Waals surface area contributed by atoms with Crippen LogP contribution in [-0.4, -0.2) is 27.3 Å². The third-order valence-electron chi connectivity index (χ3n) is 2.53. The van der Waals surface area contributed by atoms with Crippen molar-refractivity contribution in [3.63, 3.8) is 0 Å². The highest BCUT2D eigenvalue weighted by molar-refractivity contribution is 6.74. The fourth-order valence-corrected chi connectivity index (χ4v) is 1.25. The normalized spacial score (nSPS) is 13.5. The van der Waals surface area contributed by atoms with Crippen molar-refractivity contribution in [1.29, 1.82) is 0 Å². The molecule has 0 saturated heterocycles. The Morgan fingerprint density at radius 1 is 1.15 bits per heavy atom. The van der Waals surface area contributed by atoms with E-state index < -0.39 is 8.32 Å². The Balaban J connectivity index is 4.20. The van der Waals surface area contributed by atoms with Crippen LogP contribution in [-0.2, 0) is 4.43 Å². The number of hydrogen-bond donors (Lipinski definition) is 0. The Bertz CT molecular complexity index is 180. The maximum atomic E-state index is 5.82. The van der Waals surface area contributed by atoms with Gasteiger partial charge in [-0.25, -0.2) is 0 Å². The topological polar surface area (TPSA) is 12.5 Å². The van der Waals surface area contributed by atoms with E-state index in [0.717, 1.165) is 0 Å². The highest BCUT2D eigenvalue weighted by Crippen LogP contribution is 2.36. The monoisotopic (exact) mass is 201 g/mol. The molecule has 0 amide bonds. The van der Waals surface area contributed by atoms with Crippen LogP contribution in [0.15, 0.2) is 12.5 Å². The SMILES string of the molecule is CN(C)/C=C\O[Si](C)(C)C(C)(C)C. The Morgan fingerprint density at radius 2 is 1.62 bits per heavy atom. The Labute approximate surface area is 83.7 Å². The van der Waals surface area contributed by atoms with Gasteiger partial charge in [-0.05, 0) is 18.1 Å². The van der Waals surface area contributed by atoms with Crippen molar-refractivity contribution in [2.24, 2.45) is 0 Å². The lowest BCUT2D eigenvalue weighted by Gasteiger charge is -2.35. The molecule has 0 N–H and O–H groups in total. The van der Waals surface area contributed by atoms with Crippen molar-refractivity contribution in [1.82, 2.24) is 4.90 Å². The van der Waals surface area contributed by atoms with Gasteiger partial charge < -0.3 is 9.33 Å². The second kappa shape index (κ2) is 4.18. The van der Waals surface area contributed by atoms with Crippen molar-refractivity contribution >= 4 is 8.32 Å². The minimum Gasteiger partial charge on any atom is -0.548 e. The van der Waals surface area contributed by atoms with E-state index in [2.05, 4.69) is 33.9 Å². The molecule has 0 aromatic rings. The Hall–Kier alpha value is -0.443. The van der Waals surface area contributed by atoms with Crippen molar-refractivity contribution in [3.05, 3.63) is 12.5 Å². The summed E-state index contributed by atoms with van der Waals surface area (Å²) in [6, 6.07) is 0. The minimum absolute atomic E-state index is 0.281. The molecule has 78 valence electrons. The van der Waals surface area contributed by atoms with Gasteiger partial charge in [-0.15, -0.1) is 0 Å². The van der Waals surface area contributed by atoms with Gasteiger partial charge in [-0.2, -0.15) is 0 Å². The number of rotatable bonds is 3. The molecule has 2 nitrogen and oxygen atoms in total. The third kappa shape index (κ3) is 4.36. The highest BCUT2D eigenvalue weighted by Gasteiger charge is 2.37. The van der Waals surface area contributed by atoms with E-state index in [1.807, 2.05) is 31.5 Å². The van der Waals surface area contributed by atoms with E-state index in [1.165, 1.54) is 0 Å². The van der Waals surface area contributed by atoms with Crippen LogP contribution < -0.4 is 0 Å². The van der Waals surface area contributed by atoms with Crippen LogP contribution >= 0.6 is 0 Å². The molecule has 0 aromatic heterocycles. The van der Waals surface area contributed by atoms with E-state index in [4.69, 9.17) is 4.43 Å². The quantitative estimate of drug-likeness (QED) is 0.514. The van der Waals surface area contributed by atoms with Crippen LogP contribution in [0.5, 0.6) is 0 Å². The first-order valence-corrected chi connectivity index (χ1v) is 7.58. The van der Waals surface area contributed by atoms with Crippen LogP contribution in [0, 0.1) is 0 Å². The lowest BCUT2D eigenvalue weighted by atomic mass is 10.2. The molecule has 0 saturated carbocycles. The van der Waals surface area contributed by atoms with Crippen molar-refractivity contribution < 1.29 is 4.43 Å². The number of nitrogens with zero attached hydrogens (tertiary/aromatic N) is 1. The summed E-state index contributed by atoms with van der Waals surface area (Å²) in [5.41, 5.74) is 0. The molecule has 3 heteroatoms. The molecule has 0 unspecified atom stereocenters. The second-order valence-corrected chi connectivity index (χ2v) is 9.88. The molecule has 0 rings (SSSR count). The molecular formula is C10H23NOSi. The van der Waals surface area contributed by atoms with E-state index in [1.54, 1.807) is 0 Å². The summed E-state index contributed by atoms with van der Waals surface area (Å²) >= 11 is 0. The molecule has 0 aliphatic rings. The number of hydrogen-bond acceptors (Lipinski definition) is 2. The summed E-state index contributed by atoms with van der Waals surface area (Å²) in [7, 11) is 2.40. The minimum atomic E-state index is -1.59. The average molecular weight is 201 g/mol. The van der Waals surface area contributed by atoms with Crippen molar-refractivity contribution in [3.8, 4) is 0 Å². The maximum Gasteiger partial charge on any atom is 0.249 e. The fraction of sp³-hybridized carbons (Fsp3) is 0.800. The van der Waals surface area contributed by atoms with Gasteiger partial charge in [0.1, 0.15) is 0 Å². The largest absolute Gasteiger partial charge is 0.548 e. The van der Waals surface area contributed by atoms with Gasteiger partial charge in [0.2, 0.25) is 8.32 Å². The van der Waals surface area contributed by atoms with E-state index in [9.17, 15) is 0 Å². The van der Waals surface area contributed by atoms with Crippen molar-refractivity contribution in [2.45, 2.75) is 38.9 Å². The smallest absolute Gasteiger partial charge is 0.249 e. The summed E-state index contributed by atoms with van der Waals surface area (Å²) in [6.07, 6.45) is 3.76. The molecule has 0 aromatic carbocycles. The molecule has 0 fully saturated rings. The van der Waals surface area contributed by atoms with E-state index >= 15 is 0 Å². The molecule has 13 heavy (non-hydrogen) atoms. The van der Waals surface area contributed by atoms with Gasteiger partial charge in [0.15, 0.2) is 0 Å². The third-order valence-corrected chi connectivity index (χ3v) is 6.87. The molecule has 0 radical (unpaired) electrons. The fourth-order valence-electron chi connectivity index (χ4n) is 0.499. The van der Waals surface area contributed by atoms with Crippen LogP contribution in [0.3, 0.4) is 0 Å². The zero-order chi connectivity index (χ0) is 10.7. The zero-order valence-corrected chi connectivity index (χ0v) is 11.0. The summed E-state index contributed by atoms with van der Waals surface area (Å²) in [6.45, 7) is 11.2. The maximum absolute atomic E-state index is 5.82. The molecule has 0 bridgehead atoms. The molecular weight excluding hydrogens is 178 g/mol. The lowest BCUT2D eigenvalue weighted by Crippen LogP contribution is -2.39. The average Bonchev–Trinajstić information content (AvgIpc) is 1.82. The summed E-state index contributed by atoms with van der Waals surface area (Å²) < 4.78 is 5.82. The Morgan fingerprint density at radius 3 is 1.92 bits per heavy atom. The zero-order valence-electron chi connectivity index (χ0n) is 10.0. The standard InChI is InChI=1S/C10H23NOSi/c1-10(2,3)13(6,7)12-9-8-11(4)5/h8-9H,1-7H3/b9-8-. The first kappa shape index (κ1) is 12.6. The molecule has 0 aliphatic carbocycles. The predicted molar refractivity (Wildman–Crippen MR) is 61.1 cm³/mol. The first-order chi connectivity index (χ1) is 5.67. The summed E-state index contributed by atoms with van der Waals surface area (Å²) in [5, 5.41) is 0.281. The molecule has 0 heterocycles. The van der Waals surface area contributed by atoms with E-state index in [-0.39, 0.29) is 5.04 Å². The van der Waals surface area contributed by atoms with Gasteiger partial charge >= 0.3 is 0 Å². The van der Waals surface area contributed by atoms with Gasteiger partial charge in [0.25, 0.3) is 0 Å². The van der Waals surface area contributed by atoms with Crippen LogP contribution in [0.25, 0.3) is 0 Å².